The molecule has 1 saturated heterocycles. The summed E-state index contributed by atoms with van der Waals surface area (Å²) < 4.78 is 7.57. The summed E-state index contributed by atoms with van der Waals surface area (Å²) in [5.74, 6) is 1.61. The number of nitrogens with one attached hydrogen (secondary N) is 2. The summed E-state index contributed by atoms with van der Waals surface area (Å²) >= 11 is 0. The molecular formula is C21H27N7O. The van der Waals surface area contributed by atoms with Crippen molar-refractivity contribution in [1.29, 1.82) is 0 Å². The van der Waals surface area contributed by atoms with E-state index in [-0.39, 0.29) is 6.04 Å². The molecule has 0 radical (unpaired) electrons. The molecule has 0 unspecified atom stereocenters. The van der Waals surface area contributed by atoms with Crippen LogP contribution in [0.5, 0.6) is 0 Å². The SMILES string of the molecule is CC(C)n1c(Nc2ccc(N3CCOCC3)cc2)nc2c(NC3CC3)ncnc21. The first kappa shape index (κ1) is 18.2. The lowest BCUT2D eigenvalue weighted by Crippen LogP contribution is -2.36. The van der Waals surface area contributed by atoms with E-state index in [9.17, 15) is 0 Å². The molecule has 152 valence electrons. The Balaban J connectivity index is 1.44. The molecule has 29 heavy (non-hydrogen) atoms. The molecule has 1 aromatic carbocycles. The predicted molar refractivity (Wildman–Crippen MR) is 115 cm³/mol. The van der Waals surface area contributed by atoms with Crippen molar-refractivity contribution in [3.8, 4) is 0 Å². The molecule has 0 amide bonds. The maximum atomic E-state index is 5.44. The second kappa shape index (κ2) is 7.51. The zero-order valence-corrected chi connectivity index (χ0v) is 16.9. The van der Waals surface area contributed by atoms with Crippen LogP contribution in [-0.2, 0) is 4.74 Å². The number of imidazole rings is 1. The van der Waals surface area contributed by atoms with E-state index in [1.165, 1.54) is 18.5 Å². The summed E-state index contributed by atoms with van der Waals surface area (Å²) in [6.45, 7) is 7.73. The largest absolute Gasteiger partial charge is 0.378 e. The predicted octanol–water partition coefficient (Wildman–Crippen LogP) is 3.56. The number of anilines is 4. The number of nitrogens with zero attached hydrogens (tertiary/aromatic N) is 5. The fourth-order valence-corrected chi connectivity index (χ4v) is 3.72. The highest BCUT2D eigenvalue weighted by Gasteiger charge is 2.24. The normalized spacial score (nSPS) is 17.1. The Labute approximate surface area is 170 Å². The Bertz CT molecular complexity index is 988. The molecule has 1 aliphatic carbocycles. The second-order valence-corrected chi connectivity index (χ2v) is 7.98. The molecule has 2 fully saturated rings. The first-order valence-electron chi connectivity index (χ1n) is 10.4. The summed E-state index contributed by atoms with van der Waals surface area (Å²) in [6, 6.07) is 9.24. The van der Waals surface area contributed by atoms with Crippen molar-refractivity contribution in [1.82, 2.24) is 19.5 Å². The number of hydrogen-bond acceptors (Lipinski definition) is 7. The number of rotatable bonds is 6. The third kappa shape index (κ3) is 3.72. The van der Waals surface area contributed by atoms with Gasteiger partial charge in [0.25, 0.3) is 0 Å². The van der Waals surface area contributed by atoms with Crippen LogP contribution in [0.1, 0.15) is 32.7 Å². The van der Waals surface area contributed by atoms with Crippen LogP contribution in [0.2, 0.25) is 0 Å². The molecule has 2 aromatic heterocycles. The molecule has 3 aromatic rings. The summed E-state index contributed by atoms with van der Waals surface area (Å²) in [4.78, 5) is 16.2. The van der Waals surface area contributed by atoms with E-state index in [4.69, 9.17) is 9.72 Å². The standard InChI is InChI=1S/C21H27N7O/c1-14(2)28-20-18(19(22-13-23-20)24-15-3-4-15)26-21(28)25-16-5-7-17(8-6-16)27-9-11-29-12-10-27/h5-8,13-15H,3-4,9-12H2,1-2H3,(H,25,26)(H,22,23,24). The molecule has 3 heterocycles. The van der Waals surface area contributed by atoms with Gasteiger partial charge in [-0.2, -0.15) is 0 Å². The minimum Gasteiger partial charge on any atom is -0.378 e. The van der Waals surface area contributed by atoms with Crippen molar-refractivity contribution in [3.05, 3.63) is 30.6 Å². The van der Waals surface area contributed by atoms with Crippen LogP contribution in [-0.4, -0.2) is 51.9 Å². The average Bonchev–Trinajstić information content (AvgIpc) is 3.47. The van der Waals surface area contributed by atoms with Gasteiger partial charge in [-0.25, -0.2) is 15.0 Å². The molecule has 1 saturated carbocycles. The van der Waals surface area contributed by atoms with E-state index in [0.29, 0.717) is 6.04 Å². The molecule has 2 N–H and O–H groups in total. The van der Waals surface area contributed by atoms with Gasteiger partial charge in [-0.1, -0.05) is 0 Å². The first-order valence-corrected chi connectivity index (χ1v) is 10.4. The smallest absolute Gasteiger partial charge is 0.210 e. The van der Waals surface area contributed by atoms with Crippen molar-refractivity contribution >= 4 is 34.3 Å². The topological polar surface area (TPSA) is 80.1 Å². The summed E-state index contributed by atoms with van der Waals surface area (Å²) in [6.07, 6.45) is 4.00. The van der Waals surface area contributed by atoms with Gasteiger partial charge in [-0.15, -0.1) is 0 Å². The van der Waals surface area contributed by atoms with Crippen molar-refractivity contribution < 1.29 is 4.74 Å². The van der Waals surface area contributed by atoms with E-state index in [1.54, 1.807) is 6.33 Å². The number of ether oxygens (including phenoxy) is 1. The monoisotopic (exact) mass is 393 g/mol. The highest BCUT2D eigenvalue weighted by Crippen LogP contribution is 2.31. The molecule has 1 aliphatic heterocycles. The number of benzene rings is 1. The van der Waals surface area contributed by atoms with Crippen LogP contribution in [0.3, 0.4) is 0 Å². The Morgan fingerprint density at radius 3 is 2.52 bits per heavy atom. The van der Waals surface area contributed by atoms with Crippen LogP contribution in [0.15, 0.2) is 30.6 Å². The molecule has 0 spiro atoms. The molecule has 8 heteroatoms. The van der Waals surface area contributed by atoms with E-state index in [0.717, 1.165) is 54.9 Å². The lowest BCUT2D eigenvalue weighted by Gasteiger charge is -2.28. The van der Waals surface area contributed by atoms with Crippen molar-refractivity contribution in [3.63, 3.8) is 0 Å². The Morgan fingerprint density at radius 2 is 1.83 bits per heavy atom. The van der Waals surface area contributed by atoms with Gasteiger partial charge in [-0.05, 0) is 51.0 Å². The Hall–Kier alpha value is -2.87. The maximum absolute atomic E-state index is 5.44. The van der Waals surface area contributed by atoms with Crippen molar-refractivity contribution in [2.24, 2.45) is 0 Å². The fourth-order valence-electron chi connectivity index (χ4n) is 3.72. The minimum atomic E-state index is 0.221. The Kier molecular flexibility index (Phi) is 4.71. The fraction of sp³-hybridized carbons (Fsp3) is 0.476. The summed E-state index contributed by atoms with van der Waals surface area (Å²) in [5, 5.41) is 6.96. The van der Waals surface area contributed by atoms with E-state index >= 15 is 0 Å². The molecule has 2 aliphatic rings. The highest BCUT2D eigenvalue weighted by atomic mass is 16.5. The van der Waals surface area contributed by atoms with Gasteiger partial charge < -0.3 is 20.3 Å². The molecule has 5 rings (SSSR count). The van der Waals surface area contributed by atoms with Gasteiger partial charge in [0, 0.05) is 36.5 Å². The molecule has 0 atom stereocenters. The van der Waals surface area contributed by atoms with Crippen LogP contribution in [0.4, 0.5) is 23.1 Å². The van der Waals surface area contributed by atoms with Crippen LogP contribution < -0.4 is 15.5 Å². The van der Waals surface area contributed by atoms with E-state index in [2.05, 4.69) is 68.2 Å². The minimum absolute atomic E-state index is 0.221. The van der Waals surface area contributed by atoms with Gasteiger partial charge in [0.2, 0.25) is 5.95 Å². The lowest BCUT2D eigenvalue weighted by atomic mass is 10.2. The summed E-state index contributed by atoms with van der Waals surface area (Å²) in [7, 11) is 0. The average molecular weight is 393 g/mol. The highest BCUT2D eigenvalue weighted by molar-refractivity contribution is 5.86. The first-order chi connectivity index (χ1) is 14.2. The maximum Gasteiger partial charge on any atom is 0.210 e. The van der Waals surface area contributed by atoms with E-state index in [1.807, 2.05) is 0 Å². The van der Waals surface area contributed by atoms with Gasteiger partial charge in [0.15, 0.2) is 17.0 Å². The number of hydrogen-bond donors (Lipinski definition) is 2. The third-order valence-electron chi connectivity index (χ3n) is 5.41. The van der Waals surface area contributed by atoms with Crippen LogP contribution in [0.25, 0.3) is 11.2 Å². The second-order valence-electron chi connectivity index (χ2n) is 7.98. The van der Waals surface area contributed by atoms with Gasteiger partial charge >= 0.3 is 0 Å². The van der Waals surface area contributed by atoms with E-state index < -0.39 is 0 Å². The number of morpholine rings is 1. The lowest BCUT2D eigenvalue weighted by molar-refractivity contribution is 0.122. The van der Waals surface area contributed by atoms with Crippen LogP contribution >= 0.6 is 0 Å². The van der Waals surface area contributed by atoms with Crippen molar-refractivity contribution in [2.75, 3.05) is 41.8 Å². The molecule has 0 bridgehead atoms. The van der Waals surface area contributed by atoms with Crippen molar-refractivity contribution in [2.45, 2.75) is 38.8 Å². The van der Waals surface area contributed by atoms with Gasteiger partial charge in [0.05, 0.1) is 13.2 Å². The Morgan fingerprint density at radius 1 is 1.07 bits per heavy atom. The quantitative estimate of drug-likeness (QED) is 0.663. The number of aromatic nitrogens is 4. The van der Waals surface area contributed by atoms with Crippen LogP contribution in [0, 0.1) is 0 Å². The zero-order valence-electron chi connectivity index (χ0n) is 16.9. The third-order valence-corrected chi connectivity index (χ3v) is 5.41. The summed E-state index contributed by atoms with van der Waals surface area (Å²) in [5.41, 5.74) is 3.90. The number of fused-ring (bicyclic) bond motifs is 1. The molecule has 8 nitrogen and oxygen atoms in total. The molecular weight excluding hydrogens is 366 g/mol. The zero-order chi connectivity index (χ0) is 19.8. The van der Waals surface area contributed by atoms with Gasteiger partial charge in [0.1, 0.15) is 6.33 Å². The van der Waals surface area contributed by atoms with Gasteiger partial charge in [-0.3, -0.25) is 4.57 Å².